The maximum absolute atomic E-state index is 13.3. The van der Waals surface area contributed by atoms with Crippen molar-refractivity contribution in [3.63, 3.8) is 0 Å². The lowest BCUT2D eigenvalue weighted by Gasteiger charge is -2.44. The number of hydrogen-bond acceptors (Lipinski definition) is 4. The van der Waals surface area contributed by atoms with Gasteiger partial charge in [-0.15, -0.1) is 0 Å². The zero-order chi connectivity index (χ0) is 20.6. The Labute approximate surface area is 171 Å². The number of carbonyl (C=O) groups excluding carboxylic acids is 1. The fourth-order valence-corrected chi connectivity index (χ4v) is 4.50. The molecule has 146 valence electrons. The van der Waals surface area contributed by atoms with Crippen LogP contribution in [0.3, 0.4) is 0 Å². The molecule has 0 unspecified atom stereocenters. The first-order valence-electron chi connectivity index (χ1n) is 9.94. The number of nitrogens with two attached hydrogens (primary N) is 1. The van der Waals surface area contributed by atoms with Crippen LogP contribution in [-0.4, -0.2) is 10.7 Å². The van der Waals surface area contributed by atoms with Crippen molar-refractivity contribution in [3.8, 4) is 6.07 Å². The molecule has 2 aliphatic rings. The number of carbonyl (C=O) groups is 1. The molecule has 4 heteroatoms. The van der Waals surface area contributed by atoms with Crippen molar-refractivity contribution >= 4 is 5.78 Å². The highest BCUT2D eigenvalue weighted by Crippen LogP contribution is 2.49. The third-order valence-corrected chi connectivity index (χ3v) is 5.80. The van der Waals surface area contributed by atoms with Gasteiger partial charge in [0.1, 0.15) is 5.82 Å². The van der Waals surface area contributed by atoms with Crippen LogP contribution >= 0.6 is 0 Å². The maximum atomic E-state index is 13.3. The Morgan fingerprint density at radius 2 is 1.69 bits per heavy atom. The molecule has 1 aliphatic heterocycles. The Kier molecular flexibility index (Phi) is 4.76. The van der Waals surface area contributed by atoms with Crippen LogP contribution in [0.2, 0.25) is 0 Å². The number of hydrogen-bond donors (Lipinski definition) is 1. The van der Waals surface area contributed by atoms with Gasteiger partial charge in [-0.3, -0.25) is 4.79 Å². The first kappa shape index (κ1) is 19.0. The molecule has 29 heavy (non-hydrogen) atoms. The van der Waals surface area contributed by atoms with Gasteiger partial charge in [-0.05, 0) is 23.0 Å². The van der Waals surface area contributed by atoms with E-state index in [1.54, 1.807) is 0 Å². The van der Waals surface area contributed by atoms with Gasteiger partial charge in [0.25, 0.3) is 0 Å². The zero-order valence-electron chi connectivity index (χ0n) is 16.9. The van der Waals surface area contributed by atoms with Gasteiger partial charge in [-0.2, -0.15) is 5.26 Å². The fourth-order valence-electron chi connectivity index (χ4n) is 4.50. The van der Waals surface area contributed by atoms with Crippen LogP contribution in [0.5, 0.6) is 0 Å². The Morgan fingerprint density at radius 3 is 2.31 bits per heavy atom. The van der Waals surface area contributed by atoms with Crippen molar-refractivity contribution in [1.29, 1.82) is 5.26 Å². The van der Waals surface area contributed by atoms with Crippen molar-refractivity contribution < 1.29 is 4.79 Å². The van der Waals surface area contributed by atoms with Gasteiger partial charge >= 0.3 is 0 Å². The predicted molar refractivity (Wildman–Crippen MR) is 113 cm³/mol. The van der Waals surface area contributed by atoms with Gasteiger partial charge in [-0.1, -0.05) is 74.5 Å². The van der Waals surface area contributed by atoms with E-state index < -0.39 is 5.92 Å². The average molecular weight is 383 g/mol. The van der Waals surface area contributed by atoms with Crippen LogP contribution in [0.4, 0.5) is 0 Å². The molecule has 4 rings (SSSR count). The molecule has 0 bridgehead atoms. The Bertz CT molecular complexity index is 1040. The molecule has 2 aromatic rings. The van der Waals surface area contributed by atoms with Crippen molar-refractivity contribution in [2.45, 2.75) is 39.2 Å². The summed E-state index contributed by atoms with van der Waals surface area (Å²) in [6, 6.07) is 22.1. The lowest BCUT2D eigenvalue weighted by Crippen LogP contribution is -2.41. The molecule has 0 saturated carbocycles. The fraction of sp³-hybridized carbons (Fsp3) is 0.280. The van der Waals surface area contributed by atoms with Crippen LogP contribution in [0.1, 0.15) is 43.7 Å². The minimum Gasteiger partial charge on any atom is -0.384 e. The van der Waals surface area contributed by atoms with Crippen molar-refractivity contribution in [2.75, 3.05) is 0 Å². The third-order valence-electron chi connectivity index (χ3n) is 5.80. The van der Waals surface area contributed by atoms with Crippen LogP contribution in [0.25, 0.3) is 0 Å². The van der Waals surface area contributed by atoms with Crippen molar-refractivity contribution in [1.82, 2.24) is 4.90 Å². The summed E-state index contributed by atoms with van der Waals surface area (Å²) in [5, 5.41) is 10.0. The second kappa shape index (κ2) is 7.25. The van der Waals surface area contributed by atoms with Gasteiger partial charge in [-0.25, -0.2) is 0 Å². The normalized spacial score (nSPS) is 21.1. The van der Waals surface area contributed by atoms with E-state index in [1.807, 2.05) is 65.6 Å². The molecular weight excluding hydrogens is 358 g/mol. The number of ketones is 1. The molecule has 1 aliphatic carbocycles. The number of rotatable bonds is 3. The van der Waals surface area contributed by atoms with E-state index in [0.29, 0.717) is 24.4 Å². The molecule has 0 aromatic heterocycles. The standard InChI is InChI=1S/C25H25N3O/c1-25(2)13-20-23(21(29)14-25)22(18-11-7-4-8-12-18)19(15-26)24(27)28(20)16-17-9-5-3-6-10-17/h3-12,22H,13-14,16,27H2,1-2H3/t22-/m1/s1. The van der Waals surface area contributed by atoms with Crippen molar-refractivity contribution in [3.05, 3.63) is 94.5 Å². The zero-order valence-corrected chi connectivity index (χ0v) is 16.9. The van der Waals surface area contributed by atoms with Crippen LogP contribution in [-0.2, 0) is 11.3 Å². The number of nitrogens with zero attached hydrogens (tertiary/aromatic N) is 2. The lowest BCUT2D eigenvalue weighted by molar-refractivity contribution is -0.118. The topological polar surface area (TPSA) is 70.1 Å². The predicted octanol–water partition coefficient (Wildman–Crippen LogP) is 4.62. The quantitative estimate of drug-likeness (QED) is 0.839. The minimum absolute atomic E-state index is 0.114. The van der Waals surface area contributed by atoms with Gasteiger partial charge < -0.3 is 10.6 Å². The van der Waals surface area contributed by atoms with Gasteiger partial charge in [0.2, 0.25) is 0 Å². The van der Waals surface area contributed by atoms with Crippen LogP contribution in [0.15, 0.2) is 83.3 Å². The number of nitriles is 1. The first-order valence-corrected chi connectivity index (χ1v) is 9.94. The minimum atomic E-state index is -0.396. The molecular formula is C25H25N3O. The van der Waals surface area contributed by atoms with E-state index in [4.69, 9.17) is 5.73 Å². The summed E-state index contributed by atoms with van der Waals surface area (Å²) in [7, 11) is 0. The van der Waals surface area contributed by atoms with Gasteiger partial charge in [0.05, 0.1) is 17.6 Å². The molecule has 4 nitrogen and oxygen atoms in total. The summed E-state index contributed by atoms with van der Waals surface area (Å²) < 4.78 is 0. The van der Waals surface area contributed by atoms with E-state index in [0.717, 1.165) is 28.8 Å². The largest absolute Gasteiger partial charge is 0.384 e. The van der Waals surface area contributed by atoms with Crippen molar-refractivity contribution in [2.24, 2.45) is 11.1 Å². The monoisotopic (exact) mass is 383 g/mol. The molecule has 2 N–H and O–H groups in total. The maximum Gasteiger partial charge on any atom is 0.162 e. The van der Waals surface area contributed by atoms with E-state index in [9.17, 15) is 10.1 Å². The molecule has 0 fully saturated rings. The van der Waals surface area contributed by atoms with E-state index in [1.165, 1.54) is 0 Å². The third kappa shape index (κ3) is 3.45. The summed E-state index contributed by atoms with van der Waals surface area (Å²) in [5.74, 6) is 0.171. The molecule has 0 amide bonds. The Morgan fingerprint density at radius 1 is 1.07 bits per heavy atom. The summed E-state index contributed by atoms with van der Waals surface area (Å²) in [6.45, 7) is 4.78. The SMILES string of the molecule is CC1(C)CC(=O)C2=C(C1)N(Cc1ccccc1)C(N)=C(C#N)[C@H]2c1ccccc1. The van der Waals surface area contributed by atoms with Gasteiger partial charge in [0.15, 0.2) is 5.78 Å². The summed E-state index contributed by atoms with van der Waals surface area (Å²) in [6.07, 6.45) is 1.23. The number of Topliss-reactive ketones (excluding diaryl/α,β-unsaturated/α-hetero) is 1. The highest BCUT2D eigenvalue weighted by molar-refractivity contribution is 6.00. The number of allylic oxidation sites excluding steroid dienone is 3. The highest BCUT2D eigenvalue weighted by atomic mass is 16.1. The number of benzene rings is 2. The second-order valence-electron chi connectivity index (χ2n) is 8.63. The highest BCUT2D eigenvalue weighted by Gasteiger charge is 2.44. The smallest absolute Gasteiger partial charge is 0.162 e. The van der Waals surface area contributed by atoms with E-state index >= 15 is 0 Å². The Hall–Kier alpha value is -3.32. The average Bonchev–Trinajstić information content (AvgIpc) is 2.70. The molecule has 1 heterocycles. The van der Waals surface area contributed by atoms with Crippen LogP contribution < -0.4 is 5.73 Å². The lowest BCUT2D eigenvalue weighted by atomic mass is 9.68. The summed E-state index contributed by atoms with van der Waals surface area (Å²) >= 11 is 0. The van der Waals surface area contributed by atoms with E-state index in [-0.39, 0.29) is 11.2 Å². The molecule has 0 saturated heterocycles. The van der Waals surface area contributed by atoms with Crippen LogP contribution in [0, 0.1) is 16.7 Å². The molecule has 1 atom stereocenters. The molecule has 0 spiro atoms. The molecule has 0 radical (unpaired) electrons. The first-order chi connectivity index (χ1) is 13.9. The summed E-state index contributed by atoms with van der Waals surface area (Å²) in [4.78, 5) is 15.3. The molecule has 2 aromatic carbocycles. The summed E-state index contributed by atoms with van der Waals surface area (Å²) in [5.41, 5.74) is 10.6. The Balaban J connectivity index is 1.91. The van der Waals surface area contributed by atoms with Gasteiger partial charge in [0, 0.05) is 24.2 Å². The van der Waals surface area contributed by atoms with E-state index in [2.05, 4.69) is 19.9 Å². The second-order valence-corrected chi connectivity index (χ2v) is 8.63.